The van der Waals surface area contributed by atoms with Gasteiger partial charge in [-0.3, -0.25) is 0 Å². The number of benzene rings is 2. The van der Waals surface area contributed by atoms with Crippen molar-refractivity contribution in [2.75, 3.05) is 13.3 Å². The summed E-state index contributed by atoms with van der Waals surface area (Å²) < 4.78 is 10.8. The van der Waals surface area contributed by atoms with Gasteiger partial charge in [0.2, 0.25) is 6.79 Å². The van der Waals surface area contributed by atoms with Crippen LogP contribution in [0.1, 0.15) is 23.5 Å². The average molecular weight is 255 g/mol. The monoisotopic (exact) mass is 255 g/mol. The highest BCUT2D eigenvalue weighted by Gasteiger charge is 2.18. The fourth-order valence-electron chi connectivity index (χ4n) is 2.51. The van der Waals surface area contributed by atoms with Crippen LogP contribution in [0.4, 0.5) is 0 Å². The molecule has 0 fully saturated rings. The second kappa shape index (κ2) is 5.33. The summed E-state index contributed by atoms with van der Waals surface area (Å²) in [6, 6.07) is 16.6. The van der Waals surface area contributed by atoms with E-state index in [1.54, 1.807) is 0 Å². The summed E-state index contributed by atoms with van der Waals surface area (Å²) in [5.74, 6) is 1.96. The Hall–Kier alpha value is -2.00. The minimum absolute atomic E-state index is 0.306. The van der Waals surface area contributed by atoms with E-state index in [4.69, 9.17) is 15.2 Å². The molecule has 98 valence electrons. The lowest BCUT2D eigenvalue weighted by molar-refractivity contribution is 0.174. The highest BCUT2D eigenvalue weighted by Crippen LogP contribution is 2.37. The highest BCUT2D eigenvalue weighted by molar-refractivity contribution is 5.47. The molecule has 0 aliphatic carbocycles. The number of fused-ring (bicyclic) bond motifs is 1. The summed E-state index contributed by atoms with van der Waals surface area (Å²) in [5.41, 5.74) is 8.27. The second-order valence-corrected chi connectivity index (χ2v) is 4.65. The molecule has 3 nitrogen and oxygen atoms in total. The molecule has 2 aromatic rings. The lowest BCUT2D eigenvalue weighted by atomic mass is 9.88. The quantitative estimate of drug-likeness (QED) is 0.913. The Labute approximate surface area is 113 Å². The molecule has 3 rings (SSSR count). The van der Waals surface area contributed by atoms with Gasteiger partial charge in [-0.05, 0) is 36.2 Å². The highest BCUT2D eigenvalue weighted by atomic mass is 16.7. The molecule has 1 aliphatic rings. The summed E-state index contributed by atoms with van der Waals surface area (Å²) >= 11 is 0. The molecule has 1 atom stereocenters. The second-order valence-electron chi connectivity index (χ2n) is 4.65. The van der Waals surface area contributed by atoms with Gasteiger partial charge in [0.05, 0.1) is 0 Å². The van der Waals surface area contributed by atoms with Gasteiger partial charge >= 0.3 is 0 Å². The summed E-state index contributed by atoms with van der Waals surface area (Å²) in [4.78, 5) is 0. The van der Waals surface area contributed by atoms with Crippen molar-refractivity contribution in [3.63, 3.8) is 0 Å². The molecule has 19 heavy (non-hydrogen) atoms. The zero-order valence-electron chi connectivity index (χ0n) is 10.7. The number of nitrogens with two attached hydrogens (primary N) is 1. The van der Waals surface area contributed by atoms with E-state index in [0.29, 0.717) is 19.3 Å². The fraction of sp³-hybridized carbons (Fsp3) is 0.250. The third kappa shape index (κ3) is 2.42. The Kier molecular flexibility index (Phi) is 3.38. The Morgan fingerprint density at radius 1 is 0.947 bits per heavy atom. The maximum Gasteiger partial charge on any atom is 0.231 e. The first-order valence-electron chi connectivity index (χ1n) is 6.53. The first kappa shape index (κ1) is 12.1. The van der Waals surface area contributed by atoms with E-state index >= 15 is 0 Å². The van der Waals surface area contributed by atoms with E-state index in [0.717, 1.165) is 17.9 Å². The standard InChI is InChI=1S/C16H17NO2/c17-9-8-14(12-4-2-1-3-5-12)13-6-7-15-16(10-13)19-11-18-15/h1-7,10,14H,8-9,11,17H2/t14-/m1/s1. The molecule has 1 heterocycles. The maximum absolute atomic E-state index is 5.76. The minimum atomic E-state index is 0.306. The minimum Gasteiger partial charge on any atom is -0.454 e. The molecule has 0 amide bonds. The fourth-order valence-corrected chi connectivity index (χ4v) is 2.51. The molecule has 3 heteroatoms. The van der Waals surface area contributed by atoms with Crippen molar-refractivity contribution < 1.29 is 9.47 Å². The van der Waals surface area contributed by atoms with Crippen LogP contribution in [-0.2, 0) is 0 Å². The predicted octanol–water partition coefficient (Wildman–Crippen LogP) is 2.90. The average Bonchev–Trinajstić information content (AvgIpc) is 2.93. The first-order valence-corrected chi connectivity index (χ1v) is 6.53. The molecular weight excluding hydrogens is 238 g/mol. The van der Waals surface area contributed by atoms with Gasteiger partial charge in [-0.15, -0.1) is 0 Å². The van der Waals surface area contributed by atoms with E-state index in [-0.39, 0.29) is 0 Å². The van der Waals surface area contributed by atoms with Gasteiger partial charge in [-0.1, -0.05) is 36.4 Å². The smallest absolute Gasteiger partial charge is 0.231 e. The van der Waals surface area contributed by atoms with Gasteiger partial charge in [-0.25, -0.2) is 0 Å². The topological polar surface area (TPSA) is 44.5 Å². The Bertz CT molecular complexity index is 554. The predicted molar refractivity (Wildman–Crippen MR) is 74.5 cm³/mol. The normalized spacial score (nSPS) is 14.4. The van der Waals surface area contributed by atoms with Crippen molar-refractivity contribution >= 4 is 0 Å². The first-order chi connectivity index (χ1) is 9.38. The lowest BCUT2D eigenvalue weighted by Crippen LogP contribution is -2.08. The van der Waals surface area contributed by atoms with Crippen LogP contribution >= 0.6 is 0 Å². The molecule has 1 aliphatic heterocycles. The van der Waals surface area contributed by atoms with Crippen LogP contribution in [0.5, 0.6) is 11.5 Å². The van der Waals surface area contributed by atoms with Crippen molar-refractivity contribution in [1.82, 2.24) is 0 Å². The van der Waals surface area contributed by atoms with E-state index in [1.807, 2.05) is 12.1 Å². The maximum atomic E-state index is 5.76. The van der Waals surface area contributed by atoms with E-state index in [2.05, 4.69) is 36.4 Å². The van der Waals surface area contributed by atoms with Crippen LogP contribution in [0.2, 0.25) is 0 Å². The van der Waals surface area contributed by atoms with Crippen molar-refractivity contribution in [2.45, 2.75) is 12.3 Å². The van der Waals surface area contributed by atoms with Crippen LogP contribution in [0.15, 0.2) is 48.5 Å². The summed E-state index contributed by atoms with van der Waals surface area (Å²) in [6.45, 7) is 0.972. The Balaban J connectivity index is 1.96. The molecule has 0 saturated heterocycles. The molecule has 0 unspecified atom stereocenters. The molecular formula is C16H17NO2. The third-order valence-corrected chi connectivity index (χ3v) is 3.46. The van der Waals surface area contributed by atoms with Crippen LogP contribution < -0.4 is 15.2 Å². The van der Waals surface area contributed by atoms with Gasteiger partial charge in [-0.2, -0.15) is 0 Å². The van der Waals surface area contributed by atoms with Crippen LogP contribution in [-0.4, -0.2) is 13.3 Å². The molecule has 0 spiro atoms. The number of hydrogen-bond acceptors (Lipinski definition) is 3. The van der Waals surface area contributed by atoms with Crippen molar-refractivity contribution in [3.05, 3.63) is 59.7 Å². The van der Waals surface area contributed by atoms with Crippen molar-refractivity contribution in [3.8, 4) is 11.5 Å². The van der Waals surface area contributed by atoms with Crippen molar-refractivity contribution in [2.24, 2.45) is 5.73 Å². The Morgan fingerprint density at radius 2 is 1.74 bits per heavy atom. The van der Waals surface area contributed by atoms with Gasteiger partial charge in [0.15, 0.2) is 11.5 Å². The number of ether oxygens (including phenoxy) is 2. The molecule has 2 aromatic carbocycles. The van der Waals surface area contributed by atoms with Gasteiger partial charge < -0.3 is 15.2 Å². The zero-order chi connectivity index (χ0) is 13.1. The lowest BCUT2D eigenvalue weighted by Gasteiger charge is -2.17. The molecule has 2 N–H and O–H groups in total. The number of rotatable bonds is 4. The summed E-state index contributed by atoms with van der Waals surface area (Å²) in [7, 11) is 0. The molecule has 0 radical (unpaired) electrons. The Morgan fingerprint density at radius 3 is 2.53 bits per heavy atom. The van der Waals surface area contributed by atoms with E-state index in [9.17, 15) is 0 Å². The molecule has 0 bridgehead atoms. The van der Waals surface area contributed by atoms with Gasteiger partial charge in [0.1, 0.15) is 0 Å². The van der Waals surface area contributed by atoms with Crippen LogP contribution in [0.3, 0.4) is 0 Å². The van der Waals surface area contributed by atoms with Crippen LogP contribution in [0.25, 0.3) is 0 Å². The van der Waals surface area contributed by atoms with Crippen LogP contribution in [0, 0.1) is 0 Å². The van der Waals surface area contributed by atoms with Crippen molar-refractivity contribution in [1.29, 1.82) is 0 Å². The number of hydrogen-bond donors (Lipinski definition) is 1. The summed E-state index contributed by atoms with van der Waals surface area (Å²) in [6.07, 6.45) is 0.920. The SMILES string of the molecule is NCC[C@H](c1ccccc1)c1ccc2c(c1)OCO2. The van der Waals surface area contributed by atoms with E-state index < -0.39 is 0 Å². The summed E-state index contributed by atoms with van der Waals surface area (Å²) in [5, 5.41) is 0. The van der Waals surface area contributed by atoms with E-state index in [1.165, 1.54) is 11.1 Å². The third-order valence-electron chi connectivity index (χ3n) is 3.46. The zero-order valence-corrected chi connectivity index (χ0v) is 10.7. The molecule has 0 aromatic heterocycles. The van der Waals surface area contributed by atoms with Gasteiger partial charge in [0, 0.05) is 5.92 Å². The van der Waals surface area contributed by atoms with Gasteiger partial charge in [0.25, 0.3) is 0 Å². The largest absolute Gasteiger partial charge is 0.454 e. The molecule has 0 saturated carbocycles.